The molecule has 1 aromatic heterocycles. The minimum absolute atomic E-state index is 0.0886. The van der Waals surface area contributed by atoms with E-state index in [9.17, 15) is 14.0 Å². The quantitative estimate of drug-likeness (QED) is 0.756. The smallest absolute Gasteiger partial charge is 0.248 e. The van der Waals surface area contributed by atoms with Gasteiger partial charge in [0.1, 0.15) is 17.4 Å². The molecule has 2 amide bonds. The molecule has 0 bridgehead atoms. The van der Waals surface area contributed by atoms with E-state index in [1.165, 1.54) is 23.0 Å². The first kappa shape index (κ1) is 21.3. The number of fused-ring (bicyclic) bond motifs is 2. The Kier molecular flexibility index (Phi) is 5.86. The van der Waals surface area contributed by atoms with E-state index in [2.05, 4.69) is 9.88 Å². The largest absolute Gasteiger partial charge is 0.387 e. The van der Waals surface area contributed by atoms with Crippen molar-refractivity contribution in [3.05, 3.63) is 45.2 Å². The van der Waals surface area contributed by atoms with Gasteiger partial charge in [0, 0.05) is 49.2 Å². The molecule has 4 heterocycles. The molecule has 0 radical (unpaired) electrons. The van der Waals surface area contributed by atoms with Crippen molar-refractivity contribution in [2.45, 2.75) is 44.7 Å². The first-order valence-corrected chi connectivity index (χ1v) is 12.0. The molecule has 32 heavy (non-hydrogen) atoms. The molecule has 0 unspecified atom stereocenters. The van der Waals surface area contributed by atoms with Gasteiger partial charge in [-0.25, -0.2) is 9.37 Å². The third-order valence-corrected chi connectivity index (χ3v) is 7.89. The number of hydrogen-bond donors (Lipinski definition) is 1. The number of thiazole rings is 1. The van der Waals surface area contributed by atoms with E-state index in [0.717, 1.165) is 47.1 Å². The van der Waals surface area contributed by atoms with Crippen molar-refractivity contribution < 1.29 is 19.1 Å². The fourth-order valence-corrected chi connectivity index (χ4v) is 6.18. The summed E-state index contributed by atoms with van der Waals surface area (Å²) in [4.78, 5) is 36.2. The number of aromatic nitrogens is 1. The Morgan fingerprint density at radius 1 is 1.09 bits per heavy atom. The molecule has 1 N–H and O–H groups in total. The van der Waals surface area contributed by atoms with Crippen molar-refractivity contribution in [2.24, 2.45) is 0 Å². The van der Waals surface area contributed by atoms with Crippen LogP contribution in [-0.2, 0) is 35.4 Å². The number of nitrogens with zero attached hydrogens (tertiary/aromatic N) is 4. The number of carbonyl (C=O) groups excluding carboxylic acids is 2. The van der Waals surface area contributed by atoms with Gasteiger partial charge in [-0.1, -0.05) is 6.07 Å². The molecule has 1 fully saturated rings. The number of anilines is 1. The molecular formula is C23H27FN4O3S. The number of piperidine rings is 1. The summed E-state index contributed by atoms with van der Waals surface area (Å²) in [6, 6.07) is 5.39. The van der Waals surface area contributed by atoms with Crippen molar-refractivity contribution in [3.63, 3.8) is 0 Å². The Labute approximate surface area is 190 Å². The molecular weight excluding hydrogens is 431 g/mol. The molecule has 0 aliphatic carbocycles. The lowest BCUT2D eigenvalue weighted by atomic mass is 10.0. The molecule has 0 spiro atoms. The first-order valence-electron chi connectivity index (χ1n) is 11.2. The van der Waals surface area contributed by atoms with Crippen LogP contribution in [0.25, 0.3) is 0 Å². The van der Waals surface area contributed by atoms with Gasteiger partial charge < -0.3 is 19.8 Å². The van der Waals surface area contributed by atoms with Crippen molar-refractivity contribution in [2.75, 3.05) is 37.7 Å². The summed E-state index contributed by atoms with van der Waals surface area (Å²) in [7, 11) is 0. The van der Waals surface area contributed by atoms with Gasteiger partial charge in [0.15, 0.2) is 0 Å². The third kappa shape index (κ3) is 4.11. The zero-order chi connectivity index (χ0) is 22.2. The van der Waals surface area contributed by atoms with Gasteiger partial charge in [-0.15, -0.1) is 11.3 Å². The van der Waals surface area contributed by atoms with Crippen LogP contribution in [0.15, 0.2) is 18.2 Å². The third-order valence-electron chi connectivity index (χ3n) is 6.80. The predicted octanol–water partition coefficient (Wildman–Crippen LogP) is 1.76. The maximum Gasteiger partial charge on any atom is 0.248 e. The number of amides is 2. The molecule has 9 heteroatoms. The summed E-state index contributed by atoms with van der Waals surface area (Å²) in [5, 5.41) is 9.87. The number of aliphatic hydroxyl groups is 1. The lowest BCUT2D eigenvalue weighted by molar-refractivity contribution is -0.135. The summed E-state index contributed by atoms with van der Waals surface area (Å²) in [5.41, 5.74) is 3.19. The van der Waals surface area contributed by atoms with Gasteiger partial charge in [-0.2, -0.15) is 0 Å². The van der Waals surface area contributed by atoms with Crippen LogP contribution in [-0.4, -0.2) is 70.5 Å². The number of rotatable bonds is 4. The fourth-order valence-electron chi connectivity index (χ4n) is 5.06. The predicted molar refractivity (Wildman–Crippen MR) is 119 cm³/mol. The van der Waals surface area contributed by atoms with Crippen LogP contribution in [0.4, 0.5) is 10.1 Å². The highest BCUT2D eigenvalue weighted by Gasteiger charge is 2.31. The molecule has 0 atom stereocenters. The van der Waals surface area contributed by atoms with Crippen LogP contribution in [0, 0.1) is 5.82 Å². The standard InChI is InChI=1S/C23H27FN4O3S/c24-16-2-1-15-3-10-28(19(15)11-16)17-4-7-26(8-5-17)22(30)12-21-25-18-6-9-27(23(31)14-29)13-20(18)32-21/h1-2,11,17,29H,3-10,12-14H2. The van der Waals surface area contributed by atoms with E-state index in [0.29, 0.717) is 38.6 Å². The Bertz CT molecular complexity index is 1030. The summed E-state index contributed by atoms with van der Waals surface area (Å²) >= 11 is 1.50. The number of likely N-dealkylation sites (tertiary alicyclic amines) is 1. The minimum atomic E-state index is -0.479. The zero-order valence-corrected chi connectivity index (χ0v) is 18.7. The van der Waals surface area contributed by atoms with Gasteiger partial charge in [0.05, 0.1) is 18.7 Å². The highest BCUT2D eigenvalue weighted by atomic mass is 32.1. The van der Waals surface area contributed by atoms with Crippen LogP contribution >= 0.6 is 11.3 Å². The van der Waals surface area contributed by atoms with Crippen molar-refractivity contribution >= 4 is 28.8 Å². The van der Waals surface area contributed by atoms with Crippen LogP contribution in [0.2, 0.25) is 0 Å². The van der Waals surface area contributed by atoms with E-state index in [1.807, 2.05) is 11.0 Å². The summed E-state index contributed by atoms with van der Waals surface area (Å²) < 4.78 is 13.7. The average molecular weight is 459 g/mol. The zero-order valence-electron chi connectivity index (χ0n) is 17.9. The van der Waals surface area contributed by atoms with Crippen molar-refractivity contribution in [1.29, 1.82) is 0 Å². The van der Waals surface area contributed by atoms with Gasteiger partial charge >= 0.3 is 0 Å². The Morgan fingerprint density at radius 3 is 2.69 bits per heavy atom. The Morgan fingerprint density at radius 2 is 1.91 bits per heavy atom. The normalized spacial score (nSPS) is 18.6. The van der Waals surface area contributed by atoms with Crippen LogP contribution in [0.1, 0.15) is 34.0 Å². The second-order valence-corrected chi connectivity index (χ2v) is 9.87. The molecule has 7 nitrogen and oxygen atoms in total. The van der Waals surface area contributed by atoms with E-state index >= 15 is 0 Å². The lowest BCUT2D eigenvalue weighted by Gasteiger charge is -2.38. The van der Waals surface area contributed by atoms with E-state index in [-0.39, 0.29) is 24.1 Å². The molecule has 3 aliphatic rings. The number of hydrogen-bond acceptors (Lipinski definition) is 6. The molecule has 170 valence electrons. The molecule has 0 saturated carbocycles. The van der Waals surface area contributed by atoms with Crippen LogP contribution in [0.5, 0.6) is 0 Å². The van der Waals surface area contributed by atoms with E-state index < -0.39 is 6.61 Å². The summed E-state index contributed by atoms with van der Waals surface area (Å²) in [5.74, 6) is -0.378. The number of benzene rings is 1. The van der Waals surface area contributed by atoms with Crippen molar-refractivity contribution in [3.8, 4) is 0 Å². The maximum absolute atomic E-state index is 13.7. The summed E-state index contributed by atoms with van der Waals surface area (Å²) in [6.07, 6.45) is 3.66. The number of halogens is 1. The second kappa shape index (κ2) is 8.78. The SMILES string of the molecule is O=C(Cc1nc2c(s1)CN(C(=O)CO)CC2)N1CCC(N2CCc3ccc(F)cc32)CC1. The maximum atomic E-state index is 13.7. The van der Waals surface area contributed by atoms with Crippen LogP contribution in [0.3, 0.4) is 0 Å². The highest BCUT2D eigenvalue weighted by molar-refractivity contribution is 7.11. The Balaban J connectivity index is 1.17. The molecule has 1 aromatic carbocycles. The topological polar surface area (TPSA) is 77.0 Å². The van der Waals surface area contributed by atoms with Gasteiger partial charge in [-0.3, -0.25) is 9.59 Å². The monoisotopic (exact) mass is 458 g/mol. The highest BCUT2D eigenvalue weighted by Crippen LogP contribution is 2.33. The van der Waals surface area contributed by atoms with Crippen molar-refractivity contribution in [1.82, 2.24) is 14.8 Å². The fraction of sp³-hybridized carbons (Fsp3) is 0.522. The first-order chi connectivity index (χ1) is 15.5. The molecule has 2 aromatic rings. The molecule has 5 rings (SSSR count). The van der Waals surface area contributed by atoms with E-state index in [1.54, 1.807) is 11.0 Å². The molecule has 1 saturated heterocycles. The average Bonchev–Trinajstić information content (AvgIpc) is 3.41. The minimum Gasteiger partial charge on any atom is -0.387 e. The van der Waals surface area contributed by atoms with Crippen LogP contribution < -0.4 is 4.90 Å². The number of aliphatic hydroxyl groups excluding tert-OH is 1. The van der Waals surface area contributed by atoms with Gasteiger partial charge in [-0.05, 0) is 37.0 Å². The number of carbonyl (C=O) groups is 2. The summed E-state index contributed by atoms with van der Waals surface area (Å²) in [6.45, 7) is 2.86. The second-order valence-electron chi connectivity index (χ2n) is 8.71. The van der Waals surface area contributed by atoms with E-state index in [4.69, 9.17) is 5.11 Å². The Hall–Kier alpha value is -2.52. The lowest BCUT2D eigenvalue weighted by Crippen LogP contribution is -2.46. The van der Waals surface area contributed by atoms with Gasteiger partial charge in [0.25, 0.3) is 0 Å². The molecule has 3 aliphatic heterocycles. The van der Waals surface area contributed by atoms with Gasteiger partial charge in [0.2, 0.25) is 11.8 Å².